The van der Waals surface area contributed by atoms with Gasteiger partial charge in [0.15, 0.2) is 5.13 Å². The number of aliphatic hydroxyl groups is 1. The Balaban J connectivity index is 1.95. The van der Waals surface area contributed by atoms with Gasteiger partial charge in [0.05, 0.1) is 23.9 Å². The molecule has 1 aromatic heterocycles. The lowest BCUT2D eigenvalue weighted by Gasteiger charge is -2.23. The molecule has 0 saturated carbocycles. The van der Waals surface area contributed by atoms with Gasteiger partial charge in [0.2, 0.25) is 0 Å². The predicted molar refractivity (Wildman–Crippen MR) is 132 cm³/mol. The summed E-state index contributed by atoms with van der Waals surface area (Å²) < 4.78 is 5.08. The molecule has 2 heterocycles. The number of hydrogen-bond donors (Lipinski definition) is 2. The van der Waals surface area contributed by atoms with Crippen molar-refractivity contribution in [2.45, 2.75) is 33.7 Å². The van der Waals surface area contributed by atoms with Gasteiger partial charge in [-0.3, -0.25) is 14.5 Å². The average Bonchev–Trinajstić information content (AvgIpc) is 3.32. The second-order valence-electron chi connectivity index (χ2n) is 8.21. The van der Waals surface area contributed by atoms with E-state index in [1.54, 1.807) is 39.0 Å². The van der Waals surface area contributed by atoms with Crippen molar-refractivity contribution in [3.8, 4) is 5.75 Å². The molecule has 3 aromatic rings. The quantitative estimate of drug-likeness (QED) is 0.232. The number of Topliss-reactive ketones (excluding diaryl/α,β-unsaturated/α-hetero) is 1. The molecule has 2 aromatic carbocycles. The van der Waals surface area contributed by atoms with Gasteiger partial charge in [-0.1, -0.05) is 41.2 Å². The third kappa shape index (κ3) is 4.30. The summed E-state index contributed by atoms with van der Waals surface area (Å²) in [5, 5.41) is 21.6. The maximum absolute atomic E-state index is 13.3. The Morgan fingerprint density at radius 1 is 1.14 bits per heavy atom. The van der Waals surface area contributed by atoms with E-state index in [1.165, 1.54) is 12.1 Å². The lowest BCUT2D eigenvalue weighted by Crippen LogP contribution is -2.29. The van der Waals surface area contributed by atoms with E-state index in [0.29, 0.717) is 16.8 Å². The molecule has 0 bridgehead atoms. The first-order valence-corrected chi connectivity index (χ1v) is 11.8. The molecule has 1 unspecified atom stereocenters. The molecular weight excluding hydrogens is 468 g/mol. The Bertz CT molecular complexity index is 1390. The number of thiazole rings is 1. The molecule has 9 heteroatoms. The highest BCUT2D eigenvalue weighted by Crippen LogP contribution is 2.44. The molecule has 1 amide bonds. The number of anilines is 1. The molecule has 0 spiro atoms. The molecule has 1 atom stereocenters. The average molecular weight is 493 g/mol. The zero-order valence-electron chi connectivity index (χ0n) is 19.7. The standard InChI is InChI=1S/C26H24N2O6S/c1-5-34-25(33)23-15(4)27-26(35-23)28-20(16-7-6-8-17(29)12-16)19(22(31)24(28)32)21(30)18-11-13(2)9-10-14(18)3/h6-12,20,29-30H,5H2,1-4H3. The maximum atomic E-state index is 13.3. The van der Waals surface area contributed by atoms with Crippen LogP contribution in [0.1, 0.15) is 50.6 Å². The van der Waals surface area contributed by atoms with Crippen molar-refractivity contribution in [2.75, 3.05) is 11.5 Å². The number of esters is 1. The number of aliphatic hydroxyl groups excluding tert-OH is 1. The summed E-state index contributed by atoms with van der Waals surface area (Å²) in [6.07, 6.45) is 0. The third-order valence-corrected chi connectivity index (χ3v) is 6.87. The Kier molecular flexibility index (Phi) is 6.45. The van der Waals surface area contributed by atoms with Crippen LogP contribution in [-0.4, -0.2) is 39.5 Å². The van der Waals surface area contributed by atoms with E-state index in [4.69, 9.17) is 4.74 Å². The Hall–Kier alpha value is -3.98. The number of hydrogen-bond acceptors (Lipinski definition) is 8. The highest BCUT2D eigenvalue weighted by Gasteiger charge is 2.48. The van der Waals surface area contributed by atoms with Crippen LogP contribution in [0, 0.1) is 20.8 Å². The number of rotatable bonds is 5. The van der Waals surface area contributed by atoms with Gasteiger partial charge in [-0.2, -0.15) is 0 Å². The number of aryl methyl sites for hydroxylation is 3. The first-order chi connectivity index (χ1) is 16.6. The number of aromatic hydroxyl groups is 1. The minimum atomic E-state index is -1.07. The fourth-order valence-electron chi connectivity index (χ4n) is 4.05. The van der Waals surface area contributed by atoms with E-state index in [2.05, 4.69) is 4.98 Å². The van der Waals surface area contributed by atoms with Gasteiger partial charge in [0.1, 0.15) is 16.4 Å². The normalized spacial score (nSPS) is 17.1. The van der Waals surface area contributed by atoms with Crippen LogP contribution in [0.25, 0.3) is 5.76 Å². The van der Waals surface area contributed by atoms with Gasteiger partial charge in [0.25, 0.3) is 5.78 Å². The zero-order valence-corrected chi connectivity index (χ0v) is 20.5. The second kappa shape index (κ2) is 9.34. The summed E-state index contributed by atoms with van der Waals surface area (Å²) in [6, 6.07) is 10.5. The number of amides is 1. The van der Waals surface area contributed by atoms with Crippen LogP contribution in [0.5, 0.6) is 5.75 Å². The van der Waals surface area contributed by atoms with Gasteiger partial charge in [-0.05, 0) is 57.0 Å². The molecule has 4 rings (SSSR count). The molecule has 1 aliphatic heterocycles. The molecular formula is C26H24N2O6S. The van der Waals surface area contributed by atoms with Crippen LogP contribution in [0.3, 0.4) is 0 Å². The maximum Gasteiger partial charge on any atom is 0.350 e. The number of ketones is 1. The molecule has 1 fully saturated rings. The first kappa shape index (κ1) is 24.2. The number of carbonyl (C=O) groups excluding carboxylic acids is 3. The molecule has 180 valence electrons. The van der Waals surface area contributed by atoms with Crippen molar-refractivity contribution in [1.29, 1.82) is 0 Å². The molecule has 2 N–H and O–H groups in total. The van der Waals surface area contributed by atoms with Gasteiger partial charge < -0.3 is 14.9 Å². The van der Waals surface area contributed by atoms with Crippen LogP contribution in [-0.2, 0) is 14.3 Å². The largest absolute Gasteiger partial charge is 0.508 e. The summed E-state index contributed by atoms with van der Waals surface area (Å²) in [5.41, 5.74) is 2.66. The smallest absolute Gasteiger partial charge is 0.350 e. The van der Waals surface area contributed by atoms with Crippen molar-refractivity contribution < 1.29 is 29.3 Å². The predicted octanol–water partition coefficient (Wildman–Crippen LogP) is 4.58. The summed E-state index contributed by atoms with van der Waals surface area (Å²) in [5.74, 6) is -2.74. The fraction of sp³-hybridized carbons (Fsp3) is 0.231. The summed E-state index contributed by atoms with van der Waals surface area (Å²) in [6.45, 7) is 7.13. The third-order valence-electron chi connectivity index (χ3n) is 5.73. The van der Waals surface area contributed by atoms with Crippen molar-refractivity contribution in [2.24, 2.45) is 0 Å². The van der Waals surface area contributed by atoms with Crippen LogP contribution >= 0.6 is 11.3 Å². The molecule has 8 nitrogen and oxygen atoms in total. The van der Waals surface area contributed by atoms with Crippen molar-refractivity contribution >= 4 is 39.9 Å². The lowest BCUT2D eigenvalue weighted by atomic mass is 9.93. The van der Waals surface area contributed by atoms with Crippen molar-refractivity contribution in [3.05, 3.63) is 80.9 Å². The monoisotopic (exact) mass is 492 g/mol. The summed E-state index contributed by atoms with van der Waals surface area (Å²) in [7, 11) is 0. The van der Waals surface area contributed by atoms with E-state index in [9.17, 15) is 24.6 Å². The summed E-state index contributed by atoms with van der Waals surface area (Å²) >= 11 is 0.929. The van der Waals surface area contributed by atoms with Crippen LogP contribution in [0.2, 0.25) is 0 Å². The summed E-state index contributed by atoms with van der Waals surface area (Å²) in [4.78, 5) is 44.7. The molecule has 1 saturated heterocycles. The SMILES string of the molecule is CCOC(=O)c1sc(N2C(=O)C(=O)C(=C(O)c3cc(C)ccc3C)C2c2cccc(O)c2)nc1C. The minimum absolute atomic E-state index is 0.0673. The Labute approximate surface area is 206 Å². The van der Waals surface area contributed by atoms with E-state index in [1.807, 2.05) is 19.1 Å². The highest BCUT2D eigenvalue weighted by atomic mass is 32.1. The number of phenolic OH excluding ortho intramolecular Hbond substituents is 1. The van der Waals surface area contributed by atoms with Gasteiger partial charge in [-0.25, -0.2) is 9.78 Å². The van der Waals surface area contributed by atoms with Gasteiger partial charge in [0, 0.05) is 5.56 Å². The molecule has 0 aliphatic carbocycles. The van der Waals surface area contributed by atoms with Crippen molar-refractivity contribution in [3.63, 3.8) is 0 Å². The highest BCUT2D eigenvalue weighted by molar-refractivity contribution is 7.17. The van der Waals surface area contributed by atoms with Crippen molar-refractivity contribution in [1.82, 2.24) is 4.98 Å². The number of ether oxygens (including phenoxy) is 1. The van der Waals surface area contributed by atoms with E-state index in [-0.39, 0.29) is 33.7 Å². The van der Waals surface area contributed by atoms with E-state index < -0.39 is 23.7 Å². The van der Waals surface area contributed by atoms with Crippen LogP contribution in [0.4, 0.5) is 5.13 Å². The van der Waals surface area contributed by atoms with E-state index in [0.717, 1.165) is 27.4 Å². The number of benzene rings is 2. The molecule has 0 radical (unpaired) electrons. The number of carbonyl (C=O) groups is 3. The first-order valence-electron chi connectivity index (χ1n) is 11.0. The number of phenols is 1. The Morgan fingerprint density at radius 3 is 2.57 bits per heavy atom. The Morgan fingerprint density at radius 2 is 1.89 bits per heavy atom. The van der Waals surface area contributed by atoms with E-state index >= 15 is 0 Å². The van der Waals surface area contributed by atoms with Gasteiger partial charge in [-0.15, -0.1) is 0 Å². The zero-order chi connectivity index (χ0) is 25.4. The topological polar surface area (TPSA) is 117 Å². The number of aromatic nitrogens is 1. The molecule has 35 heavy (non-hydrogen) atoms. The second-order valence-corrected chi connectivity index (χ2v) is 9.19. The fourth-order valence-corrected chi connectivity index (χ4v) is 5.03. The van der Waals surface area contributed by atoms with Crippen LogP contribution in [0.15, 0.2) is 48.0 Å². The lowest BCUT2D eigenvalue weighted by molar-refractivity contribution is -0.132. The van der Waals surface area contributed by atoms with Crippen LogP contribution < -0.4 is 4.90 Å². The minimum Gasteiger partial charge on any atom is -0.508 e. The molecule has 1 aliphatic rings. The number of nitrogens with zero attached hydrogens (tertiary/aromatic N) is 2. The van der Waals surface area contributed by atoms with Gasteiger partial charge >= 0.3 is 11.9 Å².